The molecule has 36 heavy (non-hydrogen) atoms. The number of piperidine rings is 1. The van der Waals surface area contributed by atoms with Gasteiger partial charge >= 0.3 is 5.97 Å². The second-order valence-electron chi connectivity index (χ2n) is 9.82. The number of aliphatic hydroxyl groups is 2. The molecule has 2 aliphatic heterocycles. The number of amides is 2. The van der Waals surface area contributed by atoms with Crippen molar-refractivity contribution in [2.75, 3.05) is 7.11 Å². The molecule has 1 saturated heterocycles. The van der Waals surface area contributed by atoms with Gasteiger partial charge < -0.3 is 19.7 Å². The van der Waals surface area contributed by atoms with Crippen molar-refractivity contribution in [3.05, 3.63) is 36.0 Å². The second-order valence-corrected chi connectivity index (χ2v) is 9.82. The summed E-state index contributed by atoms with van der Waals surface area (Å²) in [6.07, 6.45) is 6.84. The van der Waals surface area contributed by atoms with E-state index in [9.17, 15) is 29.4 Å². The maximum Gasteiger partial charge on any atom is 0.331 e. The number of Topliss-reactive ketones (excluding diaryl/α,β-unsaturated/α-hetero) is 1. The standard InChI is InChI=1S/C27H39NO8/c1-16(21(30)15-20(29)12-19-13-23(31)28-24(32)14-19)11-17(2)27-18(3)26(34)22(35-4)9-7-5-6-8-10-25(33)36-27/h7-11,16,18-20,22,26-27,29,34H,5-6,12-15H2,1-4H3,(H,28,31,32)/b9-7+,10-8+,17-11+. The third-order valence-corrected chi connectivity index (χ3v) is 6.69. The molecule has 2 aliphatic rings. The number of hydrogen-bond acceptors (Lipinski definition) is 8. The van der Waals surface area contributed by atoms with Gasteiger partial charge in [0.05, 0.1) is 12.2 Å². The summed E-state index contributed by atoms with van der Waals surface area (Å²) in [5, 5.41) is 23.6. The molecular weight excluding hydrogens is 466 g/mol. The molecular formula is C27H39NO8. The zero-order chi connectivity index (χ0) is 26.8. The molecule has 0 radical (unpaired) electrons. The number of carbonyl (C=O) groups excluding carboxylic acids is 4. The van der Waals surface area contributed by atoms with Gasteiger partial charge in [0.1, 0.15) is 18.0 Å². The Balaban J connectivity index is 2.10. The smallest absolute Gasteiger partial charge is 0.331 e. The molecule has 6 unspecified atom stereocenters. The molecule has 9 heteroatoms. The maximum absolute atomic E-state index is 12.8. The van der Waals surface area contributed by atoms with Crippen molar-refractivity contribution in [2.24, 2.45) is 17.8 Å². The first kappa shape index (κ1) is 29.6. The van der Waals surface area contributed by atoms with E-state index in [-0.39, 0.29) is 49.2 Å². The highest BCUT2D eigenvalue weighted by Gasteiger charge is 2.33. The topological polar surface area (TPSA) is 139 Å². The van der Waals surface area contributed by atoms with Gasteiger partial charge in [-0.25, -0.2) is 4.79 Å². The molecule has 0 aromatic heterocycles. The Kier molecular flexibility index (Phi) is 11.7. The number of ketones is 1. The first-order valence-electron chi connectivity index (χ1n) is 12.5. The average Bonchev–Trinajstić information content (AvgIpc) is 2.79. The molecule has 2 heterocycles. The van der Waals surface area contributed by atoms with Crippen LogP contribution in [0, 0.1) is 17.8 Å². The molecule has 0 bridgehead atoms. The minimum atomic E-state index is -0.975. The summed E-state index contributed by atoms with van der Waals surface area (Å²) in [7, 11) is 1.50. The summed E-state index contributed by atoms with van der Waals surface area (Å²) in [5.41, 5.74) is 0.601. The lowest BCUT2D eigenvalue weighted by Gasteiger charge is -2.31. The molecule has 3 N–H and O–H groups in total. The molecule has 6 atom stereocenters. The number of allylic oxidation sites excluding steroid dienone is 3. The monoisotopic (exact) mass is 505 g/mol. The summed E-state index contributed by atoms with van der Waals surface area (Å²) >= 11 is 0. The Morgan fingerprint density at radius 1 is 1.22 bits per heavy atom. The number of aliphatic hydroxyl groups excluding tert-OH is 2. The molecule has 0 aliphatic carbocycles. The molecule has 9 nitrogen and oxygen atoms in total. The van der Waals surface area contributed by atoms with E-state index in [1.165, 1.54) is 13.2 Å². The van der Waals surface area contributed by atoms with Gasteiger partial charge in [-0.1, -0.05) is 38.2 Å². The predicted octanol–water partition coefficient (Wildman–Crippen LogP) is 2.16. The van der Waals surface area contributed by atoms with Gasteiger partial charge in [-0.3, -0.25) is 19.7 Å². The summed E-state index contributed by atoms with van der Waals surface area (Å²) in [6.45, 7) is 5.18. The first-order valence-corrected chi connectivity index (χ1v) is 12.5. The average molecular weight is 506 g/mol. The van der Waals surface area contributed by atoms with Gasteiger partial charge in [0.25, 0.3) is 0 Å². The van der Waals surface area contributed by atoms with Crippen LogP contribution >= 0.6 is 0 Å². The van der Waals surface area contributed by atoms with Crippen molar-refractivity contribution < 1.29 is 38.9 Å². The van der Waals surface area contributed by atoms with Crippen LogP contribution in [0.3, 0.4) is 0 Å². The maximum atomic E-state index is 12.8. The predicted molar refractivity (Wildman–Crippen MR) is 132 cm³/mol. The van der Waals surface area contributed by atoms with Crippen LogP contribution in [0.15, 0.2) is 36.0 Å². The summed E-state index contributed by atoms with van der Waals surface area (Å²) in [4.78, 5) is 48.3. The summed E-state index contributed by atoms with van der Waals surface area (Å²) in [6, 6.07) is 0. The van der Waals surface area contributed by atoms with Crippen molar-refractivity contribution in [2.45, 2.75) is 83.7 Å². The van der Waals surface area contributed by atoms with Crippen molar-refractivity contribution in [1.29, 1.82) is 0 Å². The van der Waals surface area contributed by atoms with Crippen LogP contribution in [0.25, 0.3) is 0 Å². The zero-order valence-corrected chi connectivity index (χ0v) is 21.5. The Bertz CT molecular complexity index is 876. The fourth-order valence-electron chi connectivity index (χ4n) is 4.68. The Labute approximate surface area is 212 Å². The van der Waals surface area contributed by atoms with Crippen LogP contribution in [0.5, 0.6) is 0 Å². The highest BCUT2D eigenvalue weighted by Crippen LogP contribution is 2.26. The van der Waals surface area contributed by atoms with Gasteiger partial charge in [-0.2, -0.15) is 0 Å². The van der Waals surface area contributed by atoms with Crippen LogP contribution in [-0.2, 0) is 28.7 Å². The lowest BCUT2D eigenvalue weighted by atomic mass is 9.86. The van der Waals surface area contributed by atoms with Gasteiger partial charge in [-0.15, -0.1) is 0 Å². The number of imide groups is 1. The number of nitrogens with one attached hydrogen (secondary N) is 1. The number of cyclic esters (lactones) is 1. The summed E-state index contributed by atoms with van der Waals surface area (Å²) < 4.78 is 11.1. The summed E-state index contributed by atoms with van der Waals surface area (Å²) in [5.74, 6) is -2.92. The van der Waals surface area contributed by atoms with E-state index in [1.807, 2.05) is 6.08 Å². The van der Waals surface area contributed by atoms with Gasteiger partial charge in [-0.05, 0) is 37.7 Å². The molecule has 200 valence electrons. The molecule has 2 amide bonds. The van der Waals surface area contributed by atoms with Crippen LogP contribution < -0.4 is 5.32 Å². The van der Waals surface area contributed by atoms with E-state index >= 15 is 0 Å². The van der Waals surface area contributed by atoms with E-state index in [0.29, 0.717) is 18.4 Å². The highest BCUT2D eigenvalue weighted by molar-refractivity contribution is 5.97. The minimum absolute atomic E-state index is 0.126. The van der Waals surface area contributed by atoms with Crippen molar-refractivity contribution in [3.63, 3.8) is 0 Å². The third-order valence-electron chi connectivity index (χ3n) is 6.69. The number of esters is 1. The fourth-order valence-corrected chi connectivity index (χ4v) is 4.68. The van der Waals surface area contributed by atoms with Gasteiger partial charge in [0, 0.05) is 44.3 Å². The lowest BCUT2D eigenvalue weighted by molar-refractivity contribution is -0.147. The van der Waals surface area contributed by atoms with Crippen LogP contribution in [-0.4, -0.2) is 65.3 Å². The first-order chi connectivity index (χ1) is 17.0. The Morgan fingerprint density at radius 3 is 2.50 bits per heavy atom. The van der Waals surface area contributed by atoms with Crippen LogP contribution in [0.4, 0.5) is 0 Å². The highest BCUT2D eigenvalue weighted by atomic mass is 16.5. The normalized spacial score (nSPS) is 30.3. The lowest BCUT2D eigenvalue weighted by Crippen LogP contribution is -2.41. The van der Waals surface area contributed by atoms with Crippen molar-refractivity contribution in [3.8, 4) is 0 Å². The Morgan fingerprint density at radius 2 is 1.86 bits per heavy atom. The van der Waals surface area contributed by atoms with Crippen molar-refractivity contribution >= 4 is 23.6 Å². The van der Waals surface area contributed by atoms with Gasteiger partial charge in [0.2, 0.25) is 11.8 Å². The molecule has 0 spiro atoms. The fraction of sp³-hybridized carbons (Fsp3) is 0.630. The number of hydrogen-bond donors (Lipinski definition) is 3. The van der Waals surface area contributed by atoms with Crippen LogP contribution in [0.1, 0.15) is 59.3 Å². The SMILES string of the molecule is COC1/C=C/CC/C=C/C(=O)OC(/C(C)=C/C(C)C(=O)CC(O)CC2CC(=O)NC(=O)C2)C(C)C1O. The molecule has 2 rings (SSSR count). The van der Waals surface area contributed by atoms with E-state index in [2.05, 4.69) is 5.32 Å². The number of methoxy groups -OCH3 is 1. The van der Waals surface area contributed by atoms with E-state index in [0.717, 1.165) is 0 Å². The minimum Gasteiger partial charge on any atom is -0.454 e. The van der Waals surface area contributed by atoms with E-state index in [1.54, 1.807) is 39.0 Å². The third kappa shape index (κ3) is 9.11. The largest absolute Gasteiger partial charge is 0.454 e. The molecule has 0 saturated carbocycles. The molecule has 0 aromatic carbocycles. The second kappa shape index (κ2) is 14.2. The number of ether oxygens (including phenoxy) is 2. The number of rotatable bonds is 8. The Hall–Kier alpha value is -2.62. The quantitative estimate of drug-likeness (QED) is 0.259. The van der Waals surface area contributed by atoms with E-state index < -0.39 is 42.2 Å². The van der Waals surface area contributed by atoms with E-state index in [4.69, 9.17) is 9.47 Å². The zero-order valence-electron chi connectivity index (χ0n) is 21.5. The van der Waals surface area contributed by atoms with Gasteiger partial charge in [0.15, 0.2) is 0 Å². The molecule has 1 fully saturated rings. The van der Waals surface area contributed by atoms with Crippen molar-refractivity contribution in [1.82, 2.24) is 5.32 Å². The van der Waals surface area contributed by atoms with Crippen LogP contribution in [0.2, 0.25) is 0 Å². The number of carbonyl (C=O) groups is 4. The molecule has 0 aromatic rings.